The average molecular weight is 475 g/mol. The third-order valence-corrected chi connectivity index (χ3v) is 6.81. The van der Waals surface area contributed by atoms with Gasteiger partial charge in [0.25, 0.3) is 5.69 Å². The second-order valence-corrected chi connectivity index (χ2v) is 9.09. The molecular weight excluding hydrogens is 452 g/mol. The highest BCUT2D eigenvalue weighted by Crippen LogP contribution is 2.39. The smallest absolute Gasteiger partial charge is 0.287 e. The van der Waals surface area contributed by atoms with Gasteiger partial charge in [0.1, 0.15) is 6.20 Å². The standard InChI is InChI=1S/C26H23ClN4O3/c27-21-3-4-23-19(14-21)1-2-20-15-22(31(33)34)16-29-26(20)25(23)18-7-11-30(12-8-18)24(32)13-17-5-9-28-10-6-17/h3-6,9-10,14-16H,1-2,7-8,11-13H2. The van der Waals surface area contributed by atoms with E-state index in [1.807, 2.05) is 35.2 Å². The summed E-state index contributed by atoms with van der Waals surface area (Å²) in [5, 5.41) is 12.0. The lowest BCUT2D eigenvalue weighted by Crippen LogP contribution is -2.37. The quantitative estimate of drug-likeness (QED) is 0.401. The van der Waals surface area contributed by atoms with Crippen molar-refractivity contribution in [2.45, 2.75) is 32.1 Å². The Hall–Kier alpha value is -3.58. The first kappa shape index (κ1) is 22.2. The summed E-state index contributed by atoms with van der Waals surface area (Å²) in [6, 6.07) is 11.3. The molecule has 0 atom stereocenters. The molecule has 8 heteroatoms. The number of rotatable bonds is 3. The summed E-state index contributed by atoms with van der Waals surface area (Å²) in [5.74, 6) is 0.109. The number of aryl methyl sites for hydroxylation is 2. The highest BCUT2D eigenvalue weighted by Gasteiger charge is 2.27. The molecule has 34 heavy (non-hydrogen) atoms. The van der Waals surface area contributed by atoms with Gasteiger partial charge in [0, 0.05) is 42.1 Å². The van der Waals surface area contributed by atoms with Crippen LogP contribution in [0.4, 0.5) is 5.69 Å². The molecular formula is C26H23ClN4O3. The summed E-state index contributed by atoms with van der Waals surface area (Å²) in [7, 11) is 0. The predicted octanol–water partition coefficient (Wildman–Crippen LogP) is 4.80. The van der Waals surface area contributed by atoms with Crippen molar-refractivity contribution in [1.29, 1.82) is 0 Å². The van der Waals surface area contributed by atoms with Crippen LogP contribution in [0, 0.1) is 10.1 Å². The number of nitro groups is 1. The Balaban J connectivity index is 1.48. The largest absolute Gasteiger partial charge is 0.342 e. The minimum Gasteiger partial charge on any atom is -0.342 e. The SMILES string of the molecule is O=C(Cc1ccncc1)N1CCC(=C2c3ccc(Cl)cc3CCc3cc([N+](=O)[O-])cnc32)CC1. The fraction of sp³-hybridized carbons (Fsp3) is 0.269. The van der Waals surface area contributed by atoms with Crippen molar-refractivity contribution in [2.24, 2.45) is 0 Å². The molecule has 0 unspecified atom stereocenters. The fourth-order valence-corrected chi connectivity index (χ4v) is 5.04. The number of carbonyl (C=O) groups is 1. The molecule has 1 saturated heterocycles. The molecule has 2 aliphatic rings. The van der Waals surface area contributed by atoms with E-state index >= 15 is 0 Å². The number of aromatic nitrogens is 2. The van der Waals surface area contributed by atoms with Crippen LogP contribution in [0.1, 0.15) is 40.8 Å². The van der Waals surface area contributed by atoms with E-state index in [2.05, 4.69) is 9.97 Å². The molecule has 3 aromatic rings. The Morgan fingerprint density at radius 1 is 1.03 bits per heavy atom. The van der Waals surface area contributed by atoms with E-state index in [0.29, 0.717) is 31.0 Å². The Morgan fingerprint density at radius 3 is 2.50 bits per heavy atom. The highest BCUT2D eigenvalue weighted by atomic mass is 35.5. The molecule has 2 aromatic heterocycles. The number of piperidine rings is 1. The summed E-state index contributed by atoms with van der Waals surface area (Å²) >= 11 is 6.29. The summed E-state index contributed by atoms with van der Waals surface area (Å²) in [6.45, 7) is 1.27. The van der Waals surface area contributed by atoms with Crippen molar-refractivity contribution < 1.29 is 9.72 Å². The number of benzene rings is 1. The first-order valence-electron chi connectivity index (χ1n) is 11.3. The molecule has 172 valence electrons. The Morgan fingerprint density at radius 2 is 1.76 bits per heavy atom. The molecule has 1 aliphatic heterocycles. The van der Waals surface area contributed by atoms with E-state index in [-0.39, 0.29) is 11.6 Å². The van der Waals surface area contributed by atoms with Gasteiger partial charge in [-0.2, -0.15) is 0 Å². The number of halogens is 1. The molecule has 5 rings (SSSR count). The zero-order valence-electron chi connectivity index (χ0n) is 18.5. The maximum absolute atomic E-state index is 12.8. The topological polar surface area (TPSA) is 89.2 Å². The number of pyridine rings is 2. The third-order valence-electron chi connectivity index (χ3n) is 6.58. The van der Waals surface area contributed by atoms with Crippen molar-refractivity contribution >= 4 is 28.8 Å². The second kappa shape index (κ2) is 9.35. The number of nitrogens with zero attached hydrogens (tertiary/aromatic N) is 4. The van der Waals surface area contributed by atoms with Gasteiger partial charge in [-0.25, -0.2) is 4.98 Å². The minimum absolute atomic E-state index is 0.00335. The van der Waals surface area contributed by atoms with E-state index in [4.69, 9.17) is 11.6 Å². The van der Waals surface area contributed by atoms with Crippen LogP contribution < -0.4 is 0 Å². The molecule has 7 nitrogen and oxygen atoms in total. The molecule has 0 bridgehead atoms. The normalized spacial score (nSPS) is 15.4. The van der Waals surface area contributed by atoms with Gasteiger partial charge in [-0.1, -0.05) is 23.2 Å². The molecule has 1 aromatic carbocycles. The van der Waals surface area contributed by atoms with E-state index in [0.717, 1.165) is 52.8 Å². The monoisotopic (exact) mass is 474 g/mol. The van der Waals surface area contributed by atoms with Crippen LogP contribution in [0.2, 0.25) is 5.02 Å². The molecule has 1 fully saturated rings. The van der Waals surface area contributed by atoms with Gasteiger partial charge >= 0.3 is 0 Å². The molecule has 3 heterocycles. The van der Waals surface area contributed by atoms with Crippen LogP contribution in [0.25, 0.3) is 5.57 Å². The summed E-state index contributed by atoms with van der Waals surface area (Å²) in [6.07, 6.45) is 7.97. The van der Waals surface area contributed by atoms with Gasteiger partial charge < -0.3 is 4.90 Å². The van der Waals surface area contributed by atoms with Gasteiger partial charge in [-0.15, -0.1) is 0 Å². The van der Waals surface area contributed by atoms with Crippen LogP contribution in [-0.2, 0) is 24.1 Å². The molecule has 0 N–H and O–H groups in total. The van der Waals surface area contributed by atoms with E-state index in [1.165, 1.54) is 11.8 Å². The van der Waals surface area contributed by atoms with Crippen LogP contribution in [-0.4, -0.2) is 38.8 Å². The van der Waals surface area contributed by atoms with Gasteiger partial charge in [0.05, 0.1) is 17.0 Å². The molecule has 1 amide bonds. The van der Waals surface area contributed by atoms with E-state index in [9.17, 15) is 14.9 Å². The lowest BCUT2D eigenvalue weighted by atomic mass is 9.88. The number of hydrogen-bond acceptors (Lipinski definition) is 5. The van der Waals surface area contributed by atoms with Gasteiger partial charge in [0.2, 0.25) is 5.91 Å². The molecule has 0 saturated carbocycles. The first-order valence-corrected chi connectivity index (χ1v) is 11.7. The van der Waals surface area contributed by atoms with Crippen molar-refractivity contribution in [2.75, 3.05) is 13.1 Å². The number of carbonyl (C=O) groups excluding carboxylic acids is 1. The van der Waals surface area contributed by atoms with Crippen LogP contribution in [0.15, 0.2) is 60.6 Å². The summed E-state index contributed by atoms with van der Waals surface area (Å²) < 4.78 is 0. The van der Waals surface area contributed by atoms with Crippen molar-refractivity contribution in [3.05, 3.63) is 104 Å². The van der Waals surface area contributed by atoms with Crippen LogP contribution >= 0.6 is 11.6 Å². The zero-order chi connectivity index (χ0) is 23.7. The number of hydrogen-bond donors (Lipinski definition) is 0. The predicted molar refractivity (Wildman–Crippen MR) is 130 cm³/mol. The van der Waals surface area contributed by atoms with Gasteiger partial charge in [-0.05, 0) is 72.2 Å². The Kier molecular flexibility index (Phi) is 6.11. The maximum Gasteiger partial charge on any atom is 0.287 e. The van der Waals surface area contributed by atoms with Crippen LogP contribution in [0.3, 0.4) is 0 Å². The zero-order valence-corrected chi connectivity index (χ0v) is 19.3. The fourth-order valence-electron chi connectivity index (χ4n) is 4.84. The lowest BCUT2D eigenvalue weighted by Gasteiger charge is -2.30. The Bertz CT molecular complexity index is 1300. The number of fused-ring (bicyclic) bond motifs is 2. The van der Waals surface area contributed by atoms with Crippen molar-refractivity contribution in [3.63, 3.8) is 0 Å². The molecule has 0 radical (unpaired) electrons. The summed E-state index contributed by atoms with van der Waals surface area (Å²) in [5.41, 5.74) is 7.10. The van der Waals surface area contributed by atoms with Gasteiger partial charge in [0.15, 0.2) is 0 Å². The molecule has 1 aliphatic carbocycles. The Labute approximate surface area is 202 Å². The van der Waals surface area contributed by atoms with Gasteiger partial charge in [-0.3, -0.25) is 19.9 Å². The molecule has 0 spiro atoms. The summed E-state index contributed by atoms with van der Waals surface area (Å²) in [4.78, 5) is 34.3. The van der Waals surface area contributed by atoms with Crippen LogP contribution in [0.5, 0.6) is 0 Å². The van der Waals surface area contributed by atoms with Crippen molar-refractivity contribution in [1.82, 2.24) is 14.9 Å². The van der Waals surface area contributed by atoms with Crippen molar-refractivity contribution in [3.8, 4) is 0 Å². The highest BCUT2D eigenvalue weighted by molar-refractivity contribution is 6.30. The first-order chi connectivity index (χ1) is 16.5. The van der Waals surface area contributed by atoms with E-state index in [1.54, 1.807) is 18.5 Å². The third kappa shape index (κ3) is 4.43. The average Bonchev–Trinajstić information content (AvgIpc) is 3.01. The number of amides is 1. The second-order valence-electron chi connectivity index (χ2n) is 8.65. The maximum atomic E-state index is 12.8. The van der Waals surface area contributed by atoms with E-state index < -0.39 is 4.92 Å². The lowest BCUT2D eigenvalue weighted by molar-refractivity contribution is -0.385. The number of likely N-dealkylation sites (tertiary alicyclic amines) is 1. The minimum atomic E-state index is -0.401.